The maximum absolute atomic E-state index is 12.8. The van der Waals surface area contributed by atoms with Crippen LogP contribution in [0, 0.1) is 0 Å². The van der Waals surface area contributed by atoms with Crippen LogP contribution in [-0.2, 0) is 20.9 Å². The first-order valence-corrected chi connectivity index (χ1v) is 10.8. The lowest BCUT2D eigenvalue weighted by Gasteiger charge is -2.20. The summed E-state index contributed by atoms with van der Waals surface area (Å²) in [5, 5.41) is 0.664. The molecule has 0 aromatic heterocycles. The third-order valence-corrected chi connectivity index (χ3v) is 6.13. The van der Waals surface area contributed by atoms with Crippen LogP contribution >= 0.6 is 35.6 Å². The summed E-state index contributed by atoms with van der Waals surface area (Å²) in [5.74, 6) is 0.235. The highest BCUT2D eigenvalue weighted by atomic mass is 35.5. The van der Waals surface area contributed by atoms with E-state index in [4.69, 9.17) is 38.0 Å². The number of thiocarbonyl (C=S) groups is 1. The molecular formula is C22H20ClNO5S2. The van der Waals surface area contributed by atoms with E-state index in [2.05, 4.69) is 0 Å². The highest BCUT2D eigenvalue weighted by Crippen LogP contribution is 2.36. The Bertz CT molecular complexity index is 1040. The van der Waals surface area contributed by atoms with Crippen molar-refractivity contribution in [3.8, 4) is 11.5 Å². The summed E-state index contributed by atoms with van der Waals surface area (Å²) in [4.78, 5) is 26.3. The molecule has 1 heterocycles. The fourth-order valence-corrected chi connectivity index (χ4v) is 4.42. The molecule has 1 amide bonds. The lowest BCUT2D eigenvalue weighted by atomic mass is 10.1. The van der Waals surface area contributed by atoms with E-state index in [0.717, 1.165) is 22.9 Å². The number of nitrogens with zero attached hydrogens (tertiary/aromatic N) is 1. The summed E-state index contributed by atoms with van der Waals surface area (Å²) in [6, 6.07) is 12.0. The van der Waals surface area contributed by atoms with Crippen molar-refractivity contribution in [2.75, 3.05) is 14.2 Å². The maximum Gasteiger partial charge on any atom is 0.328 e. The predicted molar refractivity (Wildman–Crippen MR) is 125 cm³/mol. The van der Waals surface area contributed by atoms with Crippen LogP contribution in [0.1, 0.15) is 18.1 Å². The first kappa shape index (κ1) is 23.1. The highest BCUT2D eigenvalue weighted by molar-refractivity contribution is 8.26. The Labute approximate surface area is 195 Å². The van der Waals surface area contributed by atoms with Crippen molar-refractivity contribution in [2.45, 2.75) is 19.6 Å². The minimum atomic E-state index is -0.790. The Hall–Kier alpha value is -2.55. The van der Waals surface area contributed by atoms with Crippen molar-refractivity contribution in [3.05, 3.63) is 63.5 Å². The van der Waals surface area contributed by atoms with Crippen LogP contribution in [0.2, 0.25) is 5.02 Å². The molecule has 0 N–H and O–H groups in total. The predicted octanol–water partition coefficient (Wildman–Crippen LogP) is 4.69. The van der Waals surface area contributed by atoms with E-state index in [9.17, 15) is 9.59 Å². The molecule has 0 saturated carbocycles. The number of benzene rings is 2. The van der Waals surface area contributed by atoms with Gasteiger partial charge in [-0.05, 0) is 48.4 Å². The van der Waals surface area contributed by atoms with Crippen molar-refractivity contribution in [1.29, 1.82) is 0 Å². The van der Waals surface area contributed by atoms with Gasteiger partial charge in [-0.15, -0.1) is 0 Å². The summed E-state index contributed by atoms with van der Waals surface area (Å²) in [5.41, 5.74) is 1.71. The van der Waals surface area contributed by atoms with Gasteiger partial charge in [0.2, 0.25) is 0 Å². The molecule has 1 aliphatic rings. The second kappa shape index (κ2) is 10.2. The van der Waals surface area contributed by atoms with Gasteiger partial charge in [0.1, 0.15) is 17.0 Å². The average Bonchev–Trinajstić information content (AvgIpc) is 3.05. The summed E-state index contributed by atoms with van der Waals surface area (Å²) < 4.78 is 16.3. The molecule has 1 aliphatic heterocycles. The van der Waals surface area contributed by atoms with Crippen LogP contribution in [-0.4, -0.2) is 41.4 Å². The molecule has 0 aliphatic carbocycles. The first-order chi connectivity index (χ1) is 14.8. The minimum absolute atomic E-state index is 0.309. The van der Waals surface area contributed by atoms with E-state index in [0.29, 0.717) is 32.4 Å². The Morgan fingerprint density at radius 1 is 1.19 bits per heavy atom. The quantitative estimate of drug-likeness (QED) is 0.325. The summed E-state index contributed by atoms with van der Waals surface area (Å²) in [7, 11) is 2.82. The number of carbonyl (C=O) groups excluding carboxylic acids is 2. The van der Waals surface area contributed by atoms with Crippen molar-refractivity contribution < 1.29 is 23.8 Å². The largest absolute Gasteiger partial charge is 0.493 e. The number of esters is 1. The van der Waals surface area contributed by atoms with Crippen LogP contribution in [0.25, 0.3) is 6.08 Å². The van der Waals surface area contributed by atoms with Gasteiger partial charge < -0.3 is 14.2 Å². The molecule has 0 unspecified atom stereocenters. The SMILES string of the molecule is COC(=O)[C@H](C)N1C(=O)/C(=C/c2ccc(OCc3ccc(Cl)cc3)c(OC)c2)SC1=S. The fraction of sp³-hybridized carbons (Fsp3) is 0.227. The Kier molecular flexibility index (Phi) is 7.59. The number of ether oxygens (including phenoxy) is 3. The molecule has 2 aromatic rings. The number of halogens is 1. The number of methoxy groups -OCH3 is 2. The molecule has 0 bridgehead atoms. The monoisotopic (exact) mass is 477 g/mol. The second-order valence-electron chi connectivity index (χ2n) is 6.58. The first-order valence-electron chi connectivity index (χ1n) is 9.24. The number of amides is 1. The van der Waals surface area contributed by atoms with E-state index in [1.165, 1.54) is 12.0 Å². The number of hydrogen-bond donors (Lipinski definition) is 0. The van der Waals surface area contributed by atoms with Gasteiger partial charge in [0.05, 0.1) is 19.1 Å². The number of rotatable bonds is 7. The Morgan fingerprint density at radius 3 is 2.55 bits per heavy atom. The van der Waals surface area contributed by atoms with Gasteiger partial charge in [-0.25, -0.2) is 4.79 Å². The van der Waals surface area contributed by atoms with Crippen LogP contribution in [0.4, 0.5) is 0 Å². The van der Waals surface area contributed by atoms with E-state index in [-0.39, 0.29) is 5.91 Å². The zero-order chi connectivity index (χ0) is 22.5. The maximum atomic E-state index is 12.8. The van der Waals surface area contributed by atoms with E-state index >= 15 is 0 Å². The zero-order valence-corrected chi connectivity index (χ0v) is 19.5. The molecule has 6 nitrogen and oxygen atoms in total. The number of hydrogen-bond acceptors (Lipinski definition) is 7. The van der Waals surface area contributed by atoms with Gasteiger partial charge in [0, 0.05) is 5.02 Å². The molecular weight excluding hydrogens is 458 g/mol. The third-order valence-electron chi connectivity index (χ3n) is 4.55. The molecule has 1 fully saturated rings. The normalized spacial score (nSPS) is 15.9. The van der Waals surface area contributed by atoms with Crippen LogP contribution in [0.5, 0.6) is 11.5 Å². The number of carbonyl (C=O) groups is 2. The second-order valence-corrected chi connectivity index (χ2v) is 8.69. The molecule has 162 valence electrons. The fourth-order valence-electron chi connectivity index (χ4n) is 2.88. The summed E-state index contributed by atoms with van der Waals surface area (Å²) >= 11 is 12.3. The Balaban J connectivity index is 1.76. The van der Waals surface area contributed by atoms with Crippen LogP contribution in [0.3, 0.4) is 0 Å². The summed E-state index contributed by atoms with van der Waals surface area (Å²) in [6.45, 7) is 1.94. The molecule has 2 aromatic carbocycles. The third kappa shape index (κ3) is 5.39. The van der Waals surface area contributed by atoms with Gasteiger partial charge in [-0.3, -0.25) is 9.69 Å². The van der Waals surface area contributed by atoms with Crippen molar-refractivity contribution in [1.82, 2.24) is 4.90 Å². The smallest absolute Gasteiger partial charge is 0.328 e. The van der Waals surface area contributed by atoms with Crippen molar-refractivity contribution in [2.24, 2.45) is 0 Å². The van der Waals surface area contributed by atoms with E-state index < -0.39 is 12.0 Å². The molecule has 0 radical (unpaired) electrons. The highest BCUT2D eigenvalue weighted by Gasteiger charge is 2.38. The van der Waals surface area contributed by atoms with E-state index in [1.54, 1.807) is 44.4 Å². The molecule has 9 heteroatoms. The van der Waals surface area contributed by atoms with Gasteiger partial charge in [0.15, 0.2) is 11.5 Å². The molecule has 3 rings (SSSR count). The van der Waals surface area contributed by atoms with Gasteiger partial charge >= 0.3 is 5.97 Å². The Morgan fingerprint density at radius 2 is 1.90 bits per heavy atom. The van der Waals surface area contributed by atoms with Crippen molar-refractivity contribution >= 4 is 57.9 Å². The molecule has 31 heavy (non-hydrogen) atoms. The number of thioether (sulfide) groups is 1. The van der Waals surface area contributed by atoms with Gasteiger partial charge in [-0.1, -0.05) is 53.8 Å². The standard InChI is InChI=1S/C22H20ClNO5S2/c1-13(21(26)28-3)24-20(25)19(31-22(24)30)11-15-6-9-17(18(10-15)27-2)29-12-14-4-7-16(23)8-5-14/h4-11,13H,12H2,1-3H3/b19-11-/t13-/m0/s1. The minimum Gasteiger partial charge on any atom is -0.493 e. The summed E-state index contributed by atoms with van der Waals surface area (Å²) in [6.07, 6.45) is 1.70. The van der Waals surface area contributed by atoms with Crippen molar-refractivity contribution in [3.63, 3.8) is 0 Å². The van der Waals surface area contributed by atoms with Crippen LogP contribution in [0.15, 0.2) is 47.4 Å². The van der Waals surface area contributed by atoms with E-state index in [1.807, 2.05) is 18.2 Å². The lowest BCUT2D eigenvalue weighted by molar-refractivity contribution is -0.147. The van der Waals surface area contributed by atoms with Crippen LogP contribution < -0.4 is 9.47 Å². The molecule has 1 atom stereocenters. The lowest BCUT2D eigenvalue weighted by Crippen LogP contribution is -2.42. The van der Waals surface area contributed by atoms with Gasteiger partial charge in [-0.2, -0.15) is 0 Å². The zero-order valence-electron chi connectivity index (χ0n) is 17.1. The molecule has 0 spiro atoms. The molecule has 1 saturated heterocycles. The van der Waals surface area contributed by atoms with Gasteiger partial charge in [0.25, 0.3) is 5.91 Å². The average molecular weight is 478 g/mol. The topological polar surface area (TPSA) is 65.1 Å².